The van der Waals surface area contributed by atoms with Gasteiger partial charge in [0.15, 0.2) is 5.16 Å². The summed E-state index contributed by atoms with van der Waals surface area (Å²) < 4.78 is 1.74. The van der Waals surface area contributed by atoms with Crippen LogP contribution in [-0.4, -0.2) is 48.7 Å². The first-order valence-corrected chi connectivity index (χ1v) is 11.2. The number of thioether (sulfide) groups is 1. The molecule has 0 aliphatic carbocycles. The summed E-state index contributed by atoms with van der Waals surface area (Å²) in [6.45, 7) is 7.33. The Morgan fingerprint density at radius 1 is 1.22 bits per heavy atom. The molecule has 3 heterocycles. The maximum Gasteiger partial charge on any atom is 0.344 e. The van der Waals surface area contributed by atoms with Gasteiger partial charge in [-0.25, -0.2) is 14.3 Å². The van der Waals surface area contributed by atoms with E-state index in [4.69, 9.17) is 4.98 Å². The number of fused-ring (bicyclic) bond motifs is 1. The fourth-order valence-corrected chi connectivity index (χ4v) is 4.35. The Bertz CT molecular complexity index is 1230. The molecule has 1 atom stereocenters. The lowest BCUT2D eigenvalue weighted by molar-refractivity contribution is -0.137. The number of carbonyl (C=O) groups is 3. The van der Waals surface area contributed by atoms with Crippen molar-refractivity contribution in [2.45, 2.75) is 44.8 Å². The van der Waals surface area contributed by atoms with E-state index in [2.05, 4.69) is 15.8 Å². The van der Waals surface area contributed by atoms with Crippen LogP contribution in [0.4, 0.5) is 4.79 Å². The Morgan fingerprint density at radius 3 is 2.59 bits per heavy atom. The Labute approximate surface area is 189 Å². The second kappa shape index (κ2) is 8.27. The zero-order valence-electron chi connectivity index (χ0n) is 18.3. The molecule has 10 heteroatoms. The molecular formula is C22H24N6O3S. The Morgan fingerprint density at radius 2 is 1.94 bits per heavy atom. The average molecular weight is 453 g/mol. The Hall–Kier alpha value is -3.40. The van der Waals surface area contributed by atoms with E-state index in [1.807, 2.05) is 50.2 Å². The first kappa shape index (κ1) is 21.8. The highest BCUT2D eigenvalue weighted by Crippen LogP contribution is 2.30. The first-order chi connectivity index (χ1) is 15.2. The molecule has 1 aliphatic heterocycles. The van der Waals surface area contributed by atoms with E-state index in [1.165, 1.54) is 11.8 Å². The summed E-state index contributed by atoms with van der Waals surface area (Å²) in [5.41, 5.74) is 5.85. The van der Waals surface area contributed by atoms with E-state index in [0.717, 1.165) is 33.0 Å². The maximum atomic E-state index is 12.5. The van der Waals surface area contributed by atoms with Crippen molar-refractivity contribution in [3.8, 4) is 11.3 Å². The fraction of sp³-hybridized carbons (Fsp3) is 0.318. The number of carbonyl (C=O) groups excluding carboxylic acids is 3. The second-order valence-corrected chi connectivity index (χ2v) is 8.86. The fourth-order valence-electron chi connectivity index (χ4n) is 3.61. The second-order valence-electron chi connectivity index (χ2n) is 7.92. The SMILES string of the molecule is CCC1(C)NC(=O)N(NC(=O)CSc2nc(-c3ccccc3)c3c(C)cc(C)nn23)C1=O. The van der Waals surface area contributed by atoms with Gasteiger partial charge in [0.1, 0.15) is 5.54 Å². The maximum absolute atomic E-state index is 12.5. The lowest BCUT2D eigenvalue weighted by Crippen LogP contribution is -2.49. The van der Waals surface area contributed by atoms with Gasteiger partial charge < -0.3 is 5.32 Å². The monoisotopic (exact) mass is 452 g/mol. The quantitative estimate of drug-likeness (QED) is 0.440. The molecule has 32 heavy (non-hydrogen) atoms. The van der Waals surface area contributed by atoms with Crippen molar-refractivity contribution in [2.75, 3.05) is 5.75 Å². The molecule has 0 spiro atoms. The number of imidazole rings is 1. The van der Waals surface area contributed by atoms with Gasteiger partial charge in [0.25, 0.3) is 5.91 Å². The van der Waals surface area contributed by atoms with Gasteiger partial charge in [0.05, 0.1) is 22.7 Å². The number of nitrogens with zero attached hydrogens (tertiary/aromatic N) is 4. The van der Waals surface area contributed by atoms with Gasteiger partial charge in [-0.1, -0.05) is 49.0 Å². The van der Waals surface area contributed by atoms with Crippen molar-refractivity contribution < 1.29 is 14.4 Å². The van der Waals surface area contributed by atoms with Gasteiger partial charge in [-0.2, -0.15) is 10.1 Å². The van der Waals surface area contributed by atoms with E-state index >= 15 is 0 Å². The van der Waals surface area contributed by atoms with Crippen molar-refractivity contribution >= 4 is 35.1 Å². The van der Waals surface area contributed by atoms with E-state index in [-0.39, 0.29) is 5.75 Å². The van der Waals surface area contributed by atoms with Crippen molar-refractivity contribution in [1.82, 2.24) is 30.3 Å². The normalized spacial score (nSPS) is 18.3. The molecule has 1 aliphatic rings. The van der Waals surface area contributed by atoms with Crippen LogP contribution in [0.25, 0.3) is 16.8 Å². The van der Waals surface area contributed by atoms with E-state index in [0.29, 0.717) is 11.6 Å². The van der Waals surface area contributed by atoms with Crippen LogP contribution in [-0.2, 0) is 9.59 Å². The van der Waals surface area contributed by atoms with Gasteiger partial charge >= 0.3 is 6.03 Å². The van der Waals surface area contributed by atoms with Gasteiger partial charge in [0.2, 0.25) is 5.91 Å². The number of hydrogen-bond donors (Lipinski definition) is 2. The third kappa shape index (κ3) is 3.81. The standard InChI is InChI=1S/C22H24N6O3S/c1-5-22(4)19(30)28(20(31)24-22)26-16(29)12-32-21-23-17(15-9-7-6-8-10-15)18-13(2)11-14(3)25-27(18)21/h6-11H,5,12H2,1-4H3,(H,24,31)(H,26,29). The minimum Gasteiger partial charge on any atom is -0.322 e. The molecule has 0 bridgehead atoms. The summed E-state index contributed by atoms with van der Waals surface area (Å²) in [7, 11) is 0. The van der Waals surface area contributed by atoms with Gasteiger partial charge in [-0.05, 0) is 38.8 Å². The summed E-state index contributed by atoms with van der Waals surface area (Å²) in [6, 6.07) is 11.1. The summed E-state index contributed by atoms with van der Waals surface area (Å²) in [5.74, 6) is -1.00. The number of amides is 4. The van der Waals surface area contributed by atoms with Crippen LogP contribution in [0, 0.1) is 13.8 Å². The lowest BCUT2D eigenvalue weighted by atomic mass is 10.00. The first-order valence-electron chi connectivity index (χ1n) is 10.2. The number of nitrogens with one attached hydrogen (secondary N) is 2. The van der Waals surface area contributed by atoms with Crippen LogP contribution >= 0.6 is 11.8 Å². The van der Waals surface area contributed by atoms with E-state index in [1.54, 1.807) is 18.4 Å². The molecule has 1 unspecified atom stereocenters. The minimum atomic E-state index is -1.01. The smallest absolute Gasteiger partial charge is 0.322 e. The average Bonchev–Trinajstić information content (AvgIpc) is 3.23. The van der Waals surface area contributed by atoms with Crippen molar-refractivity contribution in [3.05, 3.63) is 47.7 Å². The van der Waals surface area contributed by atoms with Crippen LogP contribution in [0.5, 0.6) is 0 Å². The van der Waals surface area contributed by atoms with Crippen LogP contribution in [0.2, 0.25) is 0 Å². The highest BCUT2D eigenvalue weighted by Gasteiger charge is 2.47. The predicted octanol–water partition coefficient (Wildman–Crippen LogP) is 2.86. The molecule has 1 fully saturated rings. The Kier molecular flexibility index (Phi) is 5.64. The predicted molar refractivity (Wildman–Crippen MR) is 121 cm³/mol. The van der Waals surface area contributed by atoms with Crippen molar-refractivity contribution in [2.24, 2.45) is 0 Å². The molecular weight excluding hydrogens is 428 g/mol. The lowest BCUT2D eigenvalue weighted by Gasteiger charge is -2.19. The largest absolute Gasteiger partial charge is 0.344 e. The zero-order chi connectivity index (χ0) is 23.0. The van der Waals surface area contributed by atoms with Crippen LogP contribution in [0.15, 0.2) is 41.6 Å². The number of hydrazine groups is 1. The van der Waals surface area contributed by atoms with Gasteiger partial charge in [0, 0.05) is 5.56 Å². The number of rotatable bonds is 6. The van der Waals surface area contributed by atoms with Gasteiger partial charge in [-0.3, -0.25) is 15.0 Å². The van der Waals surface area contributed by atoms with Crippen LogP contribution in [0.3, 0.4) is 0 Å². The van der Waals surface area contributed by atoms with Gasteiger partial charge in [-0.15, -0.1) is 0 Å². The summed E-state index contributed by atoms with van der Waals surface area (Å²) in [6.07, 6.45) is 0.422. The molecule has 1 aromatic carbocycles. The number of aromatic nitrogens is 3. The molecule has 4 amide bonds. The molecule has 4 rings (SSSR count). The summed E-state index contributed by atoms with van der Waals surface area (Å²) in [4.78, 5) is 41.9. The molecule has 1 saturated heterocycles. The number of imide groups is 1. The minimum absolute atomic E-state index is 0.0398. The Balaban J connectivity index is 1.57. The molecule has 3 aromatic rings. The van der Waals surface area contributed by atoms with Crippen molar-refractivity contribution in [3.63, 3.8) is 0 Å². The number of hydrogen-bond acceptors (Lipinski definition) is 6. The molecule has 166 valence electrons. The van der Waals surface area contributed by atoms with E-state index in [9.17, 15) is 14.4 Å². The molecule has 0 saturated carbocycles. The number of benzene rings is 1. The highest BCUT2D eigenvalue weighted by molar-refractivity contribution is 7.99. The number of aryl methyl sites for hydroxylation is 2. The zero-order valence-corrected chi connectivity index (χ0v) is 19.1. The molecule has 2 aromatic heterocycles. The van der Waals surface area contributed by atoms with Crippen molar-refractivity contribution in [1.29, 1.82) is 0 Å². The molecule has 9 nitrogen and oxygen atoms in total. The van der Waals surface area contributed by atoms with Crippen LogP contribution < -0.4 is 10.7 Å². The summed E-state index contributed by atoms with van der Waals surface area (Å²) in [5, 5.41) is 8.50. The molecule has 2 N–H and O–H groups in total. The topological polar surface area (TPSA) is 109 Å². The number of urea groups is 1. The highest BCUT2D eigenvalue weighted by atomic mass is 32.2. The third-order valence-electron chi connectivity index (χ3n) is 5.47. The summed E-state index contributed by atoms with van der Waals surface area (Å²) >= 11 is 1.19. The third-order valence-corrected chi connectivity index (χ3v) is 6.39. The van der Waals surface area contributed by atoms with E-state index < -0.39 is 23.4 Å². The molecule has 0 radical (unpaired) electrons. The van der Waals surface area contributed by atoms with Crippen LogP contribution in [0.1, 0.15) is 31.5 Å².